The van der Waals surface area contributed by atoms with Crippen molar-refractivity contribution in [2.75, 3.05) is 0 Å². The summed E-state index contributed by atoms with van der Waals surface area (Å²) >= 11 is 0. The zero-order valence-corrected chi connectivity index (χ0v) is 42.9. The number of hydrogen-bond donors (Lipinski definition) is 0. The summed E-state index contributed by atoms with van der Waals surface area (Å²) in [6.45, 7) is 30.2. The summed E-state index contributed by atoms with van der Waals surface area (Å²) in [5.74, 6) is 4.89. The SMILES string of the molecule is C.C.C.C.C.C.C.C.CC(C)c1ccc2ncccc2c1.CC(C)c1ccccc1.CC(C)c1ccccn1.CC(C)c1cccnc1.CC(C)c1ccncc1.CC(C)c1cncnc1.CC(C)c1ncccn1. The second-order valence-electron chi connectivity index (χ2n) is 18.0. The average molecular weight is 1030 g/mol. The van der Waals surface area contributed by atoms with E-state index in [1.165, 1.54) is 33.2 Å². The highest BCUT2D eigenvalue weighted by Gasteiger charge is 2.01. The third-order valence-electron chi connectivity index (χ3n) is 10.1. The van der Waals surface area contributed by atoms with Crippen LogP contribution in [0.1, 0.15) is 237 Å². The first-order valence-electron chi connectivity index (χ1n) is 23.7. The van der Waals surface area contributed by atoms with E-state index in [9.17, 15) is 0 Å². The van der Waals surface area contributed by atoms with Crippen molar-refractivity contribution in [3.8, 4) is 0 Å². The molecule has 0 radical (unpaired) electrons. The third-order valence-corrected chi connectivity index (χ3v) is 10.1. The molecule has 8 rings (SSSR count). The number of benzene rings is 2. The molecule has 0 unspecified atom stereocenters. The van der Waals surface area contributed by atoms with Crippen molar-refractivity contribution < 1.29 is 0 Å². The molecule has 8 nitrogen and oxygen atoms in total. The molecule has 0 bridgehead atoms. The standard InChI is InChI=1S/C12H13N.C9H12.3C8H11N.2C7H10N2.8CH4/c1-9(2)10-5-6-12-11(8-10)4-3-7-13-12;1-8(2)9-6-4-3-5-7-9;1-7(2)8-3-5-9-6-4-8;1-7(2)8-4-3-5-9-6-8;1-7(2)8-5-3-4-6-9-8;1-6(2)7-3-8-5-9-4-7;1-6(2)7-8-4-3-5-9-7;;;;;;;;/h3-9H,1-2H3;3-8H,1-2H3;3*3-7H,1-2H3;2*3-6H,1-2H3;8*1H4. The molecule has 75 heavy (non-hydrogen) atoms. The fraction of sp³-hybridized carbons (Fsp3) is 0.433. The van der Waals surface area contributed by atoms with E-state index in [0.29, 0.717) is 41.4 Å². The molecule has 2 aromatic carbocycles. The van der Waals surface area contributed by atoms with Gasteiger partial charge in [-0.05, 0) is 118 Å². The Morgan fingerprint density at radius 2 is 0.733 bits per heavy atom. The molecule has 0 atom stereocenters. The number of aromatic nitrogens is 8. The molecule has 0 aliphatic heterocycles. The van der Waals surface area contributed by atoms with Gasteiger partial charge in [0.25, 0.3) is 0 Å². The Kier molecular flexibility index (Phi) is 53.2. The molecule has 0 aliphatic rings. The lowest BCUT2D eigenvalue weighted by Gasteiger charge is -2.05. The highest BCUT2D eigenvalue weighted by Crippen LogP contribution is 2.20. The minimum atomic E-state index is 0. The van der Waals surface area contributed by atoms with Crippen LogP contribution in [0.15, 0.2) is 177 Å². The second-order valence-corrected chi connectivity index (χ2v) is 18.0. The summed E-state index contributed by atoms with van der Waals surface area (Å²) in [6, 6.07) is 37.0. The Bertz CT molecular complexity index is 2040. The maximum atomic E-state index is 4.28. The highest BCUT2D eigenvalue weighted by atomic mass is 14.9. The Balaban J connectivity index is -0.000000142. The molecule has 0 amide bonds. The Morgan fingerprint density at radius 1 is 0.280 bits per heavy atom. The predicted molar refractivity (Wildman–Crippen MR) is 337 cm³/mol. The van der Waals surface area contributed by atoms with E-state index in [4.69, 9.17) is 0 Å². The number of fused-ring (bicyclic) bond motifs is 1. The minimum absolute atomic E-state index is 0. The molecular formula is C67H110N8. The van der Waals surface area contributed by atoms with Gasteiger partial charge in [-0.25, -0.2) is 19.9 Å². The first kappa shape index (κ1) is 82.5. The maximum Gasteiger partial charge on any atom is 0.130 e. The van der Waals surface area contributed by atoms with Gasteiger partial charge in [0.2, 0.25) is 0 Å². The van der Waals surface area contributed by atoms with Gasteiger partial charge in [0.05, 0.1) is 5.52 Å². The molecule has 418 valence electrons. The number of nitrogens with zero attached hydrogens (tertiary/aromatic N) is 8. The van der Waals surface area contributed by atoms with Crippen molar-refractivity contribution in [2.24, 2.45) is 0 Å². The van der Waals surface area contributed by atoms with Crippen molar-refractivity contribution >= 4 is 10.9 Å². The average Bonchev–Trinajstić information content (AvgIpc) is 3.36. The van der Waals surface area contributed by atoms with Gasteiger partial charge in [0.15, 0.2) is 0 Å². The summed E-state index contributed by atoms with van der Waals surface area (Å²) in [7, 11) is 0. The number of pyridine rings is 4. The van der Waals surface area contributed by atoms with Crippen LogP contribution in [0.4, 0.5) is 0 Å². The van der Waals surface area contributed by atoms with Crippen LogP contribution in [0.25, 0.3) is 10.9 Å². The van der Waals surface area contributed by atoms with E-state index in [0.717, 1.165) is 17.0 Å². The van der Waals surface area contributed by atoms with E-state index < -0.39 is 0 Å². The largest absolute Gasteiger partial charge is 0.265 e. The fourth-order valence-corrected chi connectivity index (χ4v) is 5.69. The summed E-state index contributed by atoms with van der Waals surface area (Å²) in [5.41, 5.74) is 8.88. The lowest BCUT2D eigenvalue weighted by Crippen LogP contribution is -1.93. The fourth-order valence-electron chi connectivity index (χ4n) is 5.69. The van der Waals surface area contributed by atoms with E-state index in [1.54, 1.807) is 24.9 Å². The van der Waals surface area contributed by atoms with Crippen LogP contribution in [0.5, 0.6) is 0 Å². The van der Waals surface area contributed by atoms with Crippen LogP contribution < -0.4 is 0 Å². The normalized spacial score (nSPS) is 9.19. The van der Waals surface area contributed by atoms with Crippen LogP contribution >= 0.6 is 0 Å². The first-order chi connectivity index (χ1) is 32.1. The smallest absolute Gasteiger partial charge is 0.130 e. The van der Waals surface area contributed by atoms with Gasteiger partial charge >= 0.3 is 0 Å². The maximum absolute atomic E-state index is 4.28. The van der Waals surface area contributed by atoms with Gasteiger partial charge in [-0.1, -0.05) is 211 Å². The number of rotatable bonds is 7. The van der Waals surface area contributed by atoms with Gasteiger partial charge in [0.1, 0.15) is 12.2 Å². The van der Waals surface area contributed by atoms with Gasteiger partial charge in [-0.15, -0.1) is 0 Å². The van der Waals surface area contributed by atoms with Crippen molar-refractivity contribution in [2.45, 2.75) is 198 Å². The third kappa shape index (κ3) is 36.1. The summed E-state index contributed by atoms with van der Waals surface area (Å²) in [6.07, 6.45) is 19.8. The lowest BCUT2D eigenvalue weighted by molar-refractivity contribution is 0.774. The zero-order valence-electron chi connectivity index (χ0n) is 42.9. The van der Waals surface area contributed by atoms with Crippen molar-refractivity contribution in [3.63, 3.8) is 0 Å². The summed E-state index contributed by atoms with van der Waals surface area (Å²) < 4.78 is 0. The molecule has 0 spiro atoms. The minimum Gasteiger partial charge on any atom is -0.265 e. The first-order valence-corrected chi connectivity index (χ1v) is 23.7. The van der Waals surface area contributed by atoms with E-state index in [-0.39, 0.29) is 59.4 Å². The van der Waals surface area contributed by atoms with E-state index in [1.807, 2.05) is 98.0 Å². The van der Waals surface area contributed by atoms with Crippen molar-refractivity contribution in [3.05, 3.63) is 217 Å². The van der Waals surface area contributed by atoms with Gasteiger partial charge < -0.3 is 0 Å². The van der Waals surface area contributed by atoms with Gasteiger partial charge in [-0.3, -0.25) is 19.9 Å². The molecule has 0 N–H and O–H groups in total. The van der Waals surface area contributed by atoms with E-state index >= 15 is 0 Å². The summed E-state index contributed by atoms with van der Waals surface area (Å²) in [5, 5.41) is 1.23. The van der Waals surface area contributed by atoms with Gasteiger partial charge in [-0.2, -0.15) is 0 Å². The van der Waals surface area contributed by atoms with Crippen LogP contribution in [0.3, 0.4) is 0 Å². The quantitative estimate of drug-likeness (QED) is 0.156. The molecule has 0 fully saturated rings. The topological polar surface area (TPSA) is 103 Å². The van der Waals surface area contributed by atoms with Crippen LogP contribution in [0.2, 0.25) is 0 Å². The zero-order chi connectivity index (χ0) is 49.4. The van der Waals surface area contributed by atoms with E-state index in [2.05, 4.69) is 191 Å². The molecule has 0 aliphatic carbocycles. The van der Waals surface area contributed by atoms with Crippen molar-refractivity contribution in [1.29, 1.82) is 0 Å². The highest BCUT2D eigenvalue weighted by molar-refractivity contribution is 5.79. The van der Waals surface area contributed by atoms with Crippen LogP contribution in [-0.4, -0.2) is 39.9 Å². The Labute approximate surface area is 463 Å². The molecule has 0 saturated carbocycles. The Morgan fingerprint density at radius 3 is 1.11 bits per heavy atom. The molecular weight excluding hydrogens is 917 g/mol. The van der Waals surface area contributed by atoms with Crippen molar-refractivity contribution in [1.82, 2.24) is 39.9 Å². The monoisotopic (exact) mass is 1030 g/mol. The predicted octanol–water partition coefficient (Wildman–Crippen LogP) is 21.1. The molecule has 8 aromatic rings. The van der Waals surface area contributed by atoms with Crippen LogP contribution in [-0.2, 0) is 0 Å². The summed E-state index contributed by atoms with van der Waals surface area (Å²) in [4.78, 5) is 32.3. The molecule has 8 heteroatoms. The lowest BCUT2D eigenvalue weighted by atomic mass is 10.0. The van der Waals surface area contributed by atoms with Crippen LogP contribution in [0, 0.1) is 0 Å². The number of hydrogen-bond acceptors (Lipinski definition) is 8. The molecule has 0 saturated heterocycles. The molecule has 6 heterocycles. The molecule has 6 aromatic heterocycles. The second kappa shape index (κ2) is 48.4. The Hall–Kier alpha value is -6.54. The van der Waals surface area contributed by atoms with Gasteiger partial charge in [0, 0.05) is 79.0 Å².